The van der Waals surface area contributed by atoms with E-state index in [1.165, 1.54) is 11.1 Å². The summed E-state index contributed by atoms with van der Waals surface area (Å²) in [6, 6.07) is 0. The van der Waals surface area contributed by atoms with Gasteiger partial charge < -0.3 is 5.11 Å². The van der Waals surface area contributed by atoms with Crippen LogP contribution in [0.3, 0.4) is 0 Å². The molecular formula is C5H8N4O. The summed E-state index contributed by atoms with van der Waals surface area (Å²) in [5.74, 6) is 0. The highest BCUT2D eigenvalue weighted by molar-refractivity contribution is 4.91. The van der Waals surface area contributed by atoms with Crippen molar-refractivity contribution in [3.05, 3.63) is 6.33 Å². The fraction of sp³-hybridized carbons (Fsp3) is 0.800. The topological polar surface area (TPSA) is 63.8 Å². The maximum Gasteiger partial charge on any atom is 0.162 e. The summed E-state index contributed by atoms with van der Waals surface area (Å²) in [5.41, 5.74) is -0.527. The maximum atomic E-state index is 9.37. The number of hydrogen-bond donors (Lipinski definition) is 1. The van der Waals surface area contributed by atoms with Crippen LogP contribution in [-0.4, -0.2) is 30.9 Å². The lowest BCUT2D eigenvalue weighted by Crippen LogP contribution is -2.18. The Balaban J connectivity index is 2.04. The SMILES string of the molecule is OC1(Cn2ncnn2)CC1. The van der Waals surface area contributed by atoms with E-state index in [0.29, 0.717) is 6.54 Å². The standard InChI is InChI=1S/C5H8N4O/c10-5(1-2-5)3-9-7-4-6-8-9/h4,10H,1-3H2. The molecule has 0 aromatic carbocycles. The minimum Gasteiger partial charge on any atom is -0.388 e. The molecule has 0 amide bonds. The fourth-order valence-corrected chi connectivity index (χ4v) is 0.827. The van der Waals surface area contributed by atoms with Gasteiger partial charge in [0.1, 0.15) is 0 Å². The Morgan fingerprint density at radius 1 is 1.60 bits per heavy atom. The predicted octanol–water partition coefficient (Wildman–Crippen LogP) is -0.802. The van der Waals surface area contributed by atoms with Crippen LogP contribution in [0.5, 0.6) is 0 Å². The Labute approximate surface area is 57.7 Å². The summed E-state index contributed by atoms with van der Waals surface area (Å²) in [7, 11) is 0. The predicted molar refractivity (Wildman–Crippen MR) is 32.0 cm³/mol. The zero-order chi connectivity index (χ0) is 7.03. The Bertz CT molecular complexity index is 216. The highest BCUT2D eigenvalue weighted by atomic mass is 16.3. The van der Waals surface area contributed by atoms with Gasteiger partial charge in [-0.2, -0.15) is 4.80 Å². The summed E-state index contributed by atoms with van der Waals surface area (Å²) in [4.78, 5) is 1.41. The third kappa shape index (κ3) is 0.995. The van der Waals surface area contributed by atoms with Crippen molar-refractivity contribution in [2.45, 2.75) is 25.0 Å². The fourth-order valence-electron chi connectivity index (χ4n) is 0.827. The molecule has 0 spiro atoms. The quantitative estimate of drug-likeness (QED) is 0.584. The van der Waals surface area contributed by atoms with Crippen LogP contribution in [0, 0.1) is 0 Å². The van der Waals surface area contributed by atoms with Crippen LogP contribution in [0.25, 0.3) is 0 Å². The van der Waals surface area contributed by atoms with Crippen molar-refractivity contribution in [3.8, 4) is 0 Å². The van der Waals surface area contributed by atoms with Gasteiger partial charge in [-0.3, -0.25) is 0 Å². The number of hydrogen-bond acceptors (Lipinski definition) is 4. The minimum atomic E-state index is -0.527. The second kappa shape index (κ2) is 1.76. The lowest BCUT2D eigenvalue weighted by Gasteiger charge is -2.03. The van der Waals surface area contributed by atoms with E-state index in [2.05, 4.69) is 15.4 Å². The number of aliphatic hydroxyl groups is 1. The molecule has 1 aromatic rings. The van der Waals surface area contributed by atoms with E-state index in [1.54, 1.807) is 0 Å². The Morgan fingerprint density at radius 2 is 2.40 bits per heavy atom. The van der Waals surface area contributed by atoms with Crippen LogP contribution >= 0.6 is 0 Å². The van der Waals surface area contributed by atoms with E-state index < -0.39 is 5.60 Å². The summed E-state index contributed by atoms with van der Waals surface area (Å²) in [6.07, 6.45) is 3.08. The van der Waals surface area contributed by atoms with E-state index in [0.717, 1.165) is 12.8 Å². The van der Waals surface area contributed by atoms with E-state index in [-0.39, 0.29) is 0 Å². The average Bonchev–Trinajstić information content (AvgIpc) is 2.47. The van der Waals surface area contributed by atoms with Gasteiger partial charge >= 0.3 is 0 Å². The molecule has 5 heteroatoms. The van der Waals surface area contributed by atoms with Gasteiger partial charge in [-0.1, -0.05) is 0 Å². The number of nitrogens with zero attached hydrogens (tertiary/aromatic N) is 4. The van der Waals surface area contributed by atoms with E-state index in [1.807, 2.05) is 0 Å². The first-order valence-electron chi connectivity index (χ1n) is 3.22. The first-order valence-corrected chi connectivity index (χ1v) is 3.22. The molecule has 0 atom stereocenters. The van der Waals surface area contributed by atoms with Crippen molar-refractivity contribution in [2.24, 2.45) is 0 Å². The van der Waals surface area contributed by atoms with Crippen LogP contribution in [0.4, 0.5) is 0 Å². The molecule has 1 heterocycles. The van der Waals surface area contributed by atoms with Gasteiger partial charge in [0.2, 0.25) is 0 Å². The van der Waals surface area contributed by atoms with Crippen molar-refractivity contribution >= 4 is 0 Å². The summed E-state index contributed by atoms with van der Waals surface area (Å²) < 4.78 is 0. The van der Waals surface area contributed by atoms with Crippen molar-refractivity contribution in [2.75, 3.05) is 0 Å². The van der Waals surface area contributed by atoms with Crippen LogP contribution in [0.1, 0.15) is 12.8 Å². The highest BCUT2D eigenvalue weighted by Gasteiger charge is 2.41. The van der Waals surface area contributed by atoms with Gasteiger partial charge in [0.15, 0.2) is 6.33 Å². The third-order valence-electron chi connectivity index (χ3n) is 1.65. The summed E-state index contributed by atoms with van der Waals surface area (Å²) >= 11 is 0. The summed E-state index contributed by atoms with van der Waals surface area (Å²) in [6.45, 7) is 0.479. The smallest absolute Gasteiger partial charge is 0.162 e. The molecule has 0 saturated heterocycles. The molecule has 1 N–H and O–H groups in total. The minimum absolute atomic E-state index is 0.479. The van der Waals surface area contributed by atoms with E-state index >= 15 is 0 Å². The van der Waals surface area contributed by atoms with Gasteiger partial charge in [-0.25, -0.2) is 0 Å². The molecule has 10 heavy (non-hydrogen) atoms. The molecule has 0 aliphatic heterocycles. The summed E-state index contributed by atoms with van der Waals surface area (Å²) in [5, 5.41) is 20.3. The lowest BCUT2D eigenvalue weighted by molar-refractivity contribution is 0.118. The molecule has 1 aliphatic carbocycles. The second-order valence-corrected chi connectivity index (χ2v) is 2.69. The molecular weight excluding hydrogens is 132 g/mol. The molecule has 0 radical (unpaired) electrons. The van der Waals surface area contributed by atoms with Crippen molar-refractivity contribution < 1.29 is 5.11 Å². The third-order valence-corrected chi connectivity index (χ3v) is 1.65. The Kier molecular flexibility index (Phi) is 1.02. The largest absolute Gasteiger partial charge is 0.388 e. The molecule has 0 unspecified atom stereocenters. The molecule has 5 nitrogen and oxygen atoms in total. The van der Waals surface area contributed by atoms with E-state index in [4.69, 9.17) is 0 Å². The van der Waals surface area contributed by atoms with Gasteiger partial charge in [0.25, 0.3) is 0 Å². The first kappa shape index (κ1) is 5.79. The molecule has 1 aromatic heterocycles. The normalized spacial score (nSPS) is 20.9. The van der Waals surface area contributed by atoms with Crippen LogP contribution in [-0.2, 0) is 6.54 Å². The highest BCUT2D eigenvalue weighted by Crippen LogP contribution is 2.35. The first-order chi connectivity index (χ1) is 4.79. The van der Waals surface area contributed by atoms with Crippen molar-refractivity contribution in [3.63, 3.8) is 0 Å². The number of rotatable bonds is 2. The molecule has 1 saturated carbocycles. The number of aromatic nitrogens is 4. The monoisotopic (exact) mass is 140 g/mol. The zero-order valence-corrected chi connectivity index (χ0v) is 5.43. The Morgan fingerprint density at radius 3 is 2.90 bits per heavy atom. The Hall–Kier alpha value is -0.970. The maximum absolute atomic E-state index is 9.37. The van der Waals surface area contributed by atoms with Gasteiger partial charge in [0.05, 0.1) is 12.1 Å². The average molecular weight is 140 g/mol. The molecule has 1 fully saturated rings. The second-order valence-electron chi connectivity index (χ2n) is 2.69. The van der Waals surface area contributed by atoms with Gasteiger partial charge in [0, 0.05) is 0 Å². The van der Waals surface area contributed by atoms with Crippen LogP contribution in [0.2, 0.25) is 0 Å². The van der Waals surface area contributed by atoms with Crippen LogP contribution in [0.15, 0.2) is 6.33 Å². The molecule has 1 aliphatic rings. The number of tetrazole rings is 1. The zero-order valence-electron chi connectivity index (χ0n) is 5.43. The lowest BCUT2D eigenvalue weighted by atomic mass is 10.3. The van der Waals surface area contributed by atoms with Crippen molar-refractivity contribution in [1.29, 1.82) is 0 Å². The molecule has 54 valence electrons. The molecule has 2 rings (SSSR count). The van der Waals surface area contributed by atoms with Gasteiger partial charge in [-0.15, -0.1) is 10.2 Å². The van der Waals surface area contributed by atoms with Crippen LogP contribution < -0.4 is 0 Å². The van der Waals surface area contributed by atoms with Crippen molar-refractivity contribution in [1.82, 2.24) is 20.2 Å². The van der Waals surface area contributed by atoms with Gasteiger partial charge in [-0.05, 0) is 18.1 Å². The van der Waals surface area contributed by atoms with E-state index in [9.17, 15) is 5.11 Å². The molecule has 0 bridgehead atoms.